The lowest BCUT2D eigenvalue weighted by Crippen LogP contribution is -2.06. The van der Waals surface area contributed by atoms with Gasteiger partial charge in [0.1, 0.15) is 12.4 Å². The largest absolute Gasteiger partial charge is 0.476 e. The predicted molar refractivity (Wildman–Crippen MR) is 54.9 cm³/mol. The number of rotatable bonds is 5. The molecule has 0 aliphatic rings. The minimum atomic E-state index is -1.01. The van der Waals surface area contributed by atoms with Crippen LogP contribution < -0.4 is 0 Å². The van der Waals surface area contributed by atoms with Crippen molar-refractivity contribution in [2.75, 3.05) is 6.61 Å². The molecule has 0 atom stereocenters. The van der Waals surface area contributed by atoms with Crippen molar-refractivity contribution >= 4 is 5.97 Å². The molecule has 5 heteroatoms. The van der Waals surface area contributed by atoms with E-state index in [9.17, 15) is 4.79 Å². The molecule has 0 saturated heterocycles. The predicted octanol–water partition coefficient (Wildman–Crippen LogP) is 1.70. The lowest BCUT2D eigenvalue weighted by atomic mass is 10.4. The molecular weight excluding hydrogens is 196 g/mol. The van der Waals surface area contributed by atoms with Crippen molar-refractivity contribution in [1.82, 2.24) is 9.55 Å². The summed E-state index contributed by atoms with van der Waals surface area (Å²) < 4.78 is 7.05. The van der Waals surface area contributed by atoms with Crippen LogP contribution in [0.3, 0.4) is 0 Å². The molecule has 1 aromatic heterocycles. The lowest BCUT2D eigenvalue weighted by molar-refractivity contribution is 0.0690. The highest BCUT2D eigenvalue weighted by molar-refractivity contribution is 5.85. The standard InChI is InChI=1S/C10H16N2O3/c1-4-15-6-9-11-8(10(13)14)5-12(9)7(2)3/h5,7H,4,6H2,1-3H3,(H,13,14). The molecule has 0 amide bonds. The Labute approximate surface area is 88.7 Å². The van der Waals surface area contributed by atoms with Gasteiger partial charge < -0.3 is 14.4 Å². The van der Waals surface area contributed by atoms with E-state index >= 15 is 0 Å². The van der Waals surface area contributed by atoms with Crippen molar-refractivity contribution in [3.63, 3.8) is 0 Å². The zero-order chi connectivity index (χ0) is 11.4. The average Bonchev–Trinajstić information content (AvgIpc) is 2.58. The van der Waals surface area contributed by atoms with Crippen LogP contribution in [0.4, 0.5) is 0 Å². The first-order valence-corrected chi connectivity index (χ1v) is 4.95. The number of aromatic carboxylic acids is 1. The van der Waals surface area contributed by atoms with E-state index in [1.807, 2.05) is 25.3 Å². The zero-order valence-corrected chi connectivity index (χ0v) is 9.23. The van der Waals surface area contributed by atoms with E-state index in [0.29, 0.717) is 19.0 Å². The molecule has 0 aliphatic carbocycles. The number of carboxylic acid groups (broad SMARTS) is 1. The summed E-state index contributed by atoms with van der Waals surface area (Å²) >= 11 is 0. The van der Waals surface area contributed by atoms with E-state index < -0.39 is 5.97 Å². The molecule has 1 heterocycles. The molecule has 0 saturated carbocycles. The van der Waals surface area contributed by atoms with E-state index in [0.717, 1.165) is 0 Å². The minimum absolute atomic E-state index is 0.0680. The van der Waals surface area contributed by atoms with Crippen LogP contribution in [-0.4, -0.2) is 27.2 Å². The molecule has 0 aliphatic heterocycles. The smallest absolute Gasteiger partial charge is 0.356 e. The van der Waals surface area contributed by atoms with Gasteiger partial charge in [0.25, 0.3) is 0 Å². The van der Waals surface area contributed by atoms with E-state index in [2.05, 4.69) is 4.98 Å². The van der Waals surface area contributed by atoms with Gasteiger partial charge in [-0.05, 0) is 20.8 Å². The van der Waals surface area contributed by atoms with Gasteiger partial charge in [0.2, 0.25) is 0 Å². The Hall–Kier alpha value is -1.36. The first-order chi connectivity index (χ1) is 7.06. The summed E-state index contributed by atoms with van der Waals surface area (Å²) in [5, 5.41) is 8.81. The Balaban J connectivity index is 2.95. The quantitative estimate of drug-likeness (QED) is 0.806. The van der Waals surface area contributed by atoms with Gasteiger partial charge in [-0.25, -0.2) is 9.78 Å². The summed E-state index contributed by atoms with van der Waals surface area (Å²) in [6, 6.07) is 0.182. The summed E-state index contributed by atoms with van der Waals surface area (Å²) in [5.41, 5.74) is 0.0680. The summed E-state index contributed by atoms with van der Waals surface area (Å²) in [6.07, 6.45) is 1.54. The highest BCUT2D eigenvalue weighted by Crippen LogP contribution is 2.12. The maximum atomic E-state index is 10.7. The molecular formula is C10H16N2O3. The second-order valence-electron chi connectivity index (χ2n) is 3.49. The summed E-state index contributed by atoms with van der Waals surface area (Å²) in [5.74, 6) is -0.351. The Morgan fingerprint density at radius 1 is 1.67 bits per heavy atom. The number of imidazole rings is 1. The molecule has 1 aromatic rings. The first-order valence-electron chi connectivity index (χ1n) is 4.95. The van der Waals surface area contributed by atoms with Crippen LogP contribution in [0.15, 0.2) is 6.20 Å². The number of ether oxygens (including phenoxy) is 1. The molecule has 0 unspecified atom stereocenters. The van der Waals surface area contributed by atoms with Gasteiger partial charge in [-0.15, -0.1) is 0 Å². The highest BCUT2D eigenvalue weighted by atomic mass is 16.5. The van der Waals surface area contributed by atoms with Gasteiger partial charge >= 0.3 is 5.97 Å². The number of carboxylic acids is 1. The van der Waals surface area contributed by atoms with Gasteiger partial charge in [0, 0.05) is 18.8 Å². The SMILES string of the molecule is CCOCc1nc(C(=O)O)cn1C(C)C. The van der Waals surface area contributed by atoms with Gasteiger partial charge in [-0.3, -0.25) is 0 Å². The summed E-state index contributed by atoms with van der Waals surface area (Å²) in [6.45, 7) is 6.78. The van der Waals surface area contributed by atoms with Crippen LogP contribution in [0.1, 0.15) is 43.1 Å². The monoisotopic (exact) mass is 212 g/mol. The second-order valence-corrected chi connectivity index (χ2v) is 3.49. The second kappa shape index (κ2) is 4.93. The molecule has 0 radical (unpaired) electrons. The fourth-order valence-corrected chi connectivity index (χ4v) is 1.28. The van der Waals surface area contributed by atoms with Crippen molar-refractivity contribution in [1.29, 1.82) is 0 Å². The maximum absolute atomic E-state index is 10.7. The molecule has 0 aromatic carbocycles. The fourth-order valence-electron chi connectivity index (χ4n) is 1.28. The van der Waals surface area contributed by atoms with E-state index in [1.165, 1.54) is 0 Å². The number of aromatic nitrogens is 2. The van der Waals surface area contributed by atoms with Gasteiger partial charge in [-0.2, -0.15) is 0 Å². The molecule has 0 bridgehead atoms. The van der Waals surface area contributed by atoms with Crippen molar-refractivity contribution < 1.29 is 14.6 Å². The van der Waals surface area contributed by atoms with Crippen LogP contribution in [-0.2, 0) is 11.3 Å². The van der Waals surface area contributed by atoms with Gasteiger partial charge in [0.15, 0.2) is 5.69 Å². The van der Waals surface area contributed by atoms with Gasteiger partial charge in [-0.1, -0.05) is 0 Å². The van der Waals surface area contributed by atoms with Crippen LogP contribution in [0, 0.1) is 0 Å². The normalized spacial score (nSPS) is 10.9. The third-order valence-corrected chi connectivity index (χ3v) is 2.02. The Morgan fingerprint density at radius 3 is 2.80 bits per heavy atom. The van der Waals surface area contributed by atoms with E-state index in [1.54, 1.807) is 6.20 Å². The highest BCUT2D eigenvalue weighted by Gasteiger charge is 2.14. The molecule has 0 fully saturated rings. The third kappa shape index (κ3) is 2.79. The molecule has 5 nitrogen and oxygen atoms in total. The summed E-state index contributed by atoms with van der Waals surface area (Å²) in [7, 11) is 0. The van der Waals surface area contributed by atoms with Crippen molar-refractivity contribution in [2.24, 2.45) is 0 Å². The molecule has 84 valence electrons. The van der Waals surface area contributed by atoms with Crippen LogP contribution >= 0.6 is 0 Å². The zero-order valence-electron chi connectivity index (χ0n) is 9.23. The average molecular weight is 212 g/mol. The third-order valence-electron chi connectivity index (χ3n) is 2.02. The van der Waals surface area contributed by atoms with E-state index in [-0.39, 0.29) is 11.7 Å². The first kappa shape index (κ1) is 11.7. The number of hydrogen-bond donors (Lipinski definition) is 1. The Bertz CT molecular complexity index is 344. The number of hydrogen-bond acceptors (Lipinski definition) is 3. The maximum Gasteiger partial charge on any atom is 0.356 e. The Morgan fingerprint density at radius 2 is 2.33 bits per heavy atom. The Kier molecular flexibility index (Phi) is 3.85. The molecule has 15 heavy (non-hydrogen) atoms. The van der Waals surface area contributed by atoms with Gasteiger partial charge in [0.05, 0.1) is 0 Å². The fraction of sp³-hybridized carbons (Fsp3) is 0.600. The van der Waals surface area contributed by atoms with Crippen molar-refractivity contribution in [3.8, 4) is 0 Å². The number of carbonyl (C=O) groups is 1. The molecule has 1 N–H and O–H groups in total. The van der Waals surface area contributed by atoms with Crippen LogP contribution in [0.2, 0.25) is 0 Å². The molecule has 1 rings (SSSR count). The van der Waals surface area contributed by atoms with Crippen molar-refractivity contribution in [2.45, 2.75) is 33.4 Å². The van der Waals surface area contributed by atoms with E-state index in [4.69, 9.17) is 9.84 Å². The number of nitrogens with zero attached hydrogens (tertiary/aromatic N) is 2. The summed E-state index contributed by atoms with van der Waals surface area (Å²) in [4.78, 5) is 14.8. The minimum Gasteiger partial charge on any atom is -0.476 e. The topological polar surface area (TPSA) is 64.3 Å². The van der Waals surface area contributed by atoms with Crippen molar-refractivity contribution in [3.05, 3.63) is 17.7 Å². The lowest BCUT2D eigenvalue weighted by Gasteiger charge is -2.10. The van der Waals surface area contributed by atoms with Crippen LogP contribution in [0.5, 0.6) is 0 Å². The van der Waals surface area contributed by atoms with Crippen LogP contribution in [0.25, 0.3) is 0 Å². The molecule has 0 spiro atoms.